The van der Waals surface area contributed by atoms with E-state index in [0.29, 0.717) is 13.1 Å². The molecule has 1 saturated heterocycles. The number of aromatic nitrogens is 3. The average Bonchev–Trinajstić information content (AvgIpc) is 3.17. The van der Waals surface area contributed by atoms with Crippen LogP contribution in [0.2, 0.25) is 0 Å². The van der Waals surface area contributed by atoms with Crippen molar-refractivity contribution in [1.82, 2.24) is 24.6 Å². The first-order valence-corrected chi connectivity index (χ1v) is 9.05. The molecule has 1 fully saturated rings. The van der Waals surface area contributed by atoms with E-state index in [4.69, 9.17) is 14.7 Å². The summed E-state index contributed by atoms with van der Waals surface area (Å²) >= 11 is 0. The van der Waals surface area contributed by atoms with Crippen LogP contribution < -0.4 is 9.47 Å². The molecule has 2 aromatic rings. The number of amides is 1. The highest BCUT2D eigenvalue weighted by Gasteiger charge is 2.22. The van der Waals surface area contributed by atoms with Crippen molar-refractivity contribution in [2.45, 2.75) is 20.0 Å². The molecule has 1 amide bonds. The summed E-state index contributed by atoms with van der Waals surface area (Å²) in [6.07, 6.45) is 1.41. The smallest absolute Gasteiger partial charge is 0.252 e. The second-order valence-electron chi connectivity index (χ2n) is 6.67. The van der Waals surface area contributed by atoms with Gasteiger partial charge in [0, 0.05) is 32.7 Å². The summed E-state index contributed by atoms with van der Waals surface area (Å²) in [5.74, 6) is 1.51. The number of ether oxygens (including phenoxy) is 2. The molecule has 0 spiro atoms. The minimum absolute atomic E-state index is 0.0173. The van der Waals surface area contributed by atoms with Crippen LogP contribution in [0.3, 0.4) is 0 Å². The number of benzene rings is 1. The largest absolute Gasteiger partial charge is 0.493 e. The van der Waals surface area contributed by atoms with Crippen LogP contribution in [0, 0.1) is 18.3 Å². The molecule has 1 aromatic carbocycles. The molecule has 28 heavy (non-hydrogen) atoms. The third-order valence-electron chi connectivity index (χ3n) is 4.89. The van der Waals surface area contributed by atoms with Crippen molar-refractivity contribution in [3.05, 3.63) is 35.4 Å². The maximum absolute atomic E-state index is 12.4. The van der Waals surface area contributed by atoms with E-state index in [1.54, 1.807) is 14.2 Å². The van der Waals surface area contributed by atoms with Crippen LogP contribution in [0.15, 0.2) is 18.5 Å². The van der Waals surface area contributed by atoms with Gasteiger partial charge in [-0.15, -0.1) is 5.10 Å². The van der Waals surface area contributed by atoms with Crippen molar-refractivity contribution >= 4 is 5.91 Å². The van der Waals surface area contributed by atoms with Gasteiger partial charge in [0.1, 0.15) is 18.9 Å². The second kappa shape index (κ2) is 8.71. The van der Waals surface area contributed by atoms with Gasteiger partial charge in [-0.25, -0.2) is 9.67 Å². The van der Waals surface area contributed by atoms with Gasteiger partial charge in [-0.05, 0) is 30.2 Å². The van der Waals surface area contributed by atoms with Gasteiger partial charge in [0.25, 0.3) is 5.82 Å². The lowest BCUT2D eigenvalue weighted by Crippen LogP contribution is -2.49. The van der Waals surface area contributed by atoms with Gasteiger partial charge in [0.2, 0.25) is 5.91 Å². The maximum Gasteiger partial charge on any atom is 0.252 e. The Kier molecular flexibility index (Phi) is 6.11. The number of aryl methyl sites for hydroxylation is 1. The molecule has 0 aliphatic carbocycles. The molecule has 0 radical (unpaired) electrons. The number of nitrogens with zero attached hydrogens (tertiary/aromatic N) is 6. The summed E-state index contributed by atoms with van der Waals surface area (Å²) < 4.78 is 12.2. The fourth-order valence-corrected chi connectivity index (χ4v) is 3.25. The molecule has 9 nitrogen and oxygen atoms in total. The van der Waals surface area contributed by atoms with Crippen LogP contribution in [0.4, 0.5) is 0 Å². The molecular formula is C19H24N6O3. The Balaban J connectivity index is 1.55. The molecule has 3 rings (SSSR count). The molecule has 2 heterocycles. The van der Waals surface area contributed by atoms with Crippen molar-refractivity contribution in [1.29, 1.82) is 5.26 Å². The third kappa shape index (κ3) is 4.40. The Bertz CT molecular complexity index is 880. The number of carbonyl (C=O) groups is 1. The zero-order chi connectivity index (χ0) is 20.1. The number of piperazine rings is 1. The molecule has 0 N–H and O–H groups in total. The predicted octanol–water partition coefficient (Wildman–Crippen LogP) is 0.820. The van der Waals surface area contributed by atoms with Gasteiger partial charge in [-0.2, -0.15) is 5.26 Å². The molecule has 0 saturated carbocycles. The van der Waals surface area contributed by atoms with E-state index >= 15 is 0 Å². The average molecular weight is 384 g/mol. The van der Waals surface area contributed by atoms with E-state index in [2.05, 4.69) is 21.9 Å². The first-order valence-electron chi connectivity index (χ1n) is 9.05. The van der Waals surface area contributed by atoms with Gasteiger partial charge in [-0.1, -0.05) is 0 Å². The predicted molar refractivity (Wildman–Crippen MR) is 101 cm³/mol. The fourth-order valence-electron chi connectivity index (χ4n) is 3.25. The van der Waals surface area contributed by atoms with Crippen LogP contribution in [0.25, 0.3) is 0 Å². The first-order chi connectivity index (χ1) is 13.5. The number of nitriles is 1. The Morgan fingerprint density at radius 1 is 1.18 bits per heavy atom. The zero-order valence-corrected chi connectivity index (χ0v) is 16.4. The lowest BCUT2D eigenvalue weighted by Gasteiger charge is -2.35. The van der Waals surface area contributed by atoms with E-state index in [1.807, 2.05) is 23.1 Å². The number of carbonyl (C=O) groups excluding carboxylic acids is 1. The SMILES string of the molecule is COc1cc(C)c(CN2CCN(C(=O)Cn3cnc(C#N)n3)CC2)cc1OC. The van der Waals surface area contributed by atoms with Crippen molar-refractivity contribution in [3.63, 3.8) is 0 Å². The Morgan fingerprint density at radius 3 is 2.46 bits per heavy atom. The van der Waals surface area contributed by atoms with E-state index in [0.717, 1.165) is 36.7 Å². The van der Waals surface area contributed by atoms with Crippen LogP contribution >= 0.6 is 0 Å². The molecule has 1 aliphatic heterocycles. The maximum atomic E-state index is 12.4. The zero-order valence-electron chi connectivity index (χ0n) is 16.4. The minimum Gasteiger partial charge on any atom is -0.493 e. The number of hydrogen-bond acceptors (Lipinski definition) is 7. The fraction of sp³-hybridized carbons (Fsp3) is 0.474. The molecular weight excluding hydrogens is 360 g/mol. The van der Waals surface area contributed by atoms with Gasteiger partial charge >= 0.3 is 0 Å². The molecule has 0 atom stereocenters. The second-order valence-corrected chi connectivity index (χ2v) is 6.67. The van der Waals surface area contributed by atoms with Gasteiger partial charge in [0.05, 0.1) is 14.2 Å². The summed E-state index contributed by atoms with van der Waals surface area (Å²) in [5.41, 5.74) is 2.33. The number of methoxy groups -OCH3 is 2. The van der Waals surface area contributed by atoms with E-state index in [1.165, 1.54) is 16.6 Å². The topological polar surface area (TPSA) is 96.5 Å². The lowest BCUT2D eigenvalue weighted by molar-refractivity contribution is -0.133. The van der Waals surface area contributed by atoms with Crippen LogP contribution in [0.1, 0.15) is 17.0 Å². The molecule has 148 valence electrons. The number of rotatable bonds is 6. The molecule has 1 aliphatic rings. The molecule has 1 aromatic heterocycles. The van der Waals surface area contributed by atoms with Crippen LogP contribution in [0.5, 0.6) is 11.5 Å². The van der Waals surface area contributed by atoms with Crippen molar-refractivity contribution in [2.75, 3.05) is 40.4 Å². The summed E-state index contributed by atoms with van der Waals surface area (Å²) in [4.78, 5) is 20.4. The molecule has 9 heteroatoms. The van der Waals surface area contributed by atoms with E-state index in [-0.39, 0.29) is 18.3 Å². The van der Waals surface area contributed by atoms with Crippen molar-refractivity contribution in [3.8, 4) is 17.6 Å². The monoisotopic (exact) mass is 384 g/mol. The minimum atomic E-state index is -0.0173. The number of hydrogen-bond donors (Lipinski definition) is 0. The highest BCUT2D eigenvalue weighted by atomic mass is 16.5. The van der Waals surface area contributed by atoms with Crippen molar-refractivity contribution in [2.24, 2.45) is 0 Å². The first kappa shape index (κ1) is 19.6. The highest BCUT2D eigenvalue weighted by Crippen LogP contribution is 2.30. The van der Waals surface area contributed by atoms with Crippen LogP contribution in [-0.4, -0.2) is 70.9 Å². The van der Waals surface area contributed by atoms with E-state index < -0.39 is 0 Å². The van der Waals surface area contributed by atoms with Crippen LogP contribution in [-0.2, 0) is 17.9 Å². The Morgan fingerprint density at radius 2 is 1.86 bits per heavy atom. The van der Waals surface area contributed by atoms with E-state index in [9.17, 15) is 4.79 Å². The lowest BCUT2D eigenvalue weighted by atomic mass is 10.1. The van der Waals surface area contributed by atoms with Crippen molar-refractivity contribution < 1.29 is 14.3 Å². The third-order valence-corrected chi connectivity index (χ3v) is 4.89. The summed E-state index contributed by atoms with van der Waals surface area (Å²) in [7, 11) is 3.27. The quantitative estimate of drug-likeness (QED) is 0.727. The molecule has 0 bridgehead atoms. The Hall–Kier alpha value is -3.12. The summed E-state index contributed by atoms with van der Waals surface area (Å²) in [5, 5.41) is 12.7. The van der Waals surface area contributed by atoms with Gasteiger partial charge < -0.3 is 14.4 Å². The standard InChI is InChI=1S/C19H24N6O3/c1-14-8-16(27-2)17(28-3)9-15(14)11-23-4-6-24(7-5-23)19(26)12-25-13-21-18(10-20)22-25/h8-9,13H,4-7,11-12H2,1-3H3. The normalized spacial score (nSPS) is 14.6. The highest BCUT2D eigenvalue weighted by molar-refractivity contribution is 5.76. The molecule has 0 unspecified atom stereocenters. The van der Waals surface area contributed by atoms with Gasteiger partial charge in [0.15, 0.2) is 11.5 Å². The summed E-state index contributed by atoms with van der Waals surface area (Å²) in [6.45, 7) is 5.85. The summed E-state index contributed by atoms with van der Waals surface area (Å²) in [6, 6.07) is 5.86. The van der Waals surface area contributed by atoms with Gasteiger partial charge in [-0.3, -0.25) is 9.69 Å². The Labute approximate surface area is 164 Å².